The van der Waals surface area contributed by atoms with E-state index >= 15 is 0 Å². The maximum atomic E-state index is 14.5. The molecule has 0 saturated carbocycles. The zero-order valence-electron chi connectivity index (χ0n) is 22.3. The van der Waals surface area contributed by atoms with Gasteiger partial charge in [-0.15, -0.1) is 11.8 Å². The zero-order valence-corrected chi connectivity index (χ0v) is 23.9. The molecule has 0 N–H and O–H groups in total. The highest BCUT2D eigenvalue weighted by atomic mass is 35.5. The lowest BCUT2D eigenvalue weighted by molar-refractivity contribution is 0.581. The summed E-state index contributed by atoms with van der Waals surface area (Å²) in [5.74, 6) is -0.274. The Morgan fingerprint density at radius 2 is 1.59 bits per heavy atom. The van der Waals surface area contributed by atoms with Crippen molar-refractivity contribution < 1.29 is 8.78 Å². The van der Waals surface area contributed by atoms with Gasteiger partial charge in [-0.25, -0.2) is 8.78 Å². The summed E-state index contributed by atoms with van der Waals surface area (Å²) in [6, 6.07) is 8.54. The summed E-state index contributed by atoms with van der Waals surface area (Å²) in [6.45, 7) is 16.6. The SMILES string of the molecule is CC.CC/C=C\C(=C(/C)c1cc(Cl)c(F)cc1F)c1ccc(C)c(SCCCC)c1.CCCC. The fourth-order valence-corrected chi connectivity index (χ4v) is 4.20. The summed E-state index contributed by atoms with van der Waals surface area (Å²) in [5.41, 5.74) is 4.23. The molecule has 0 aliphatic rings. The van der Waals surface area contributed by atoms with Crippen molar-refractivity contribution in [3.8, 4) is 0 Å². The van der Waals surface area contributed by atoms with Gasteiger partial charge < -0.3 is 0 Å². The Labute approximate surface area is 216 Å². The average molecular weight is 509 g/mol. The molecular weight excluding hydrogens is 466 g/mol. The van der Waals surface area contributed by atoms with Gasteiger partial charge in [0.05, 0.1) is 5.02 Å². The fraction of sp³-hybridized carbons (Fsp3) is 0.467. The van der Waals surface area contributed by atoms with E-state index in [4.69, 9.17) is 11.6 Å². The summed E-state index contributed by atoms with van der Waals surface area (Å²) in [4.78, 5) is 1.23. The molecule has 0 aromatic heterocycles. The Morgan fingerprint density at radius 3 is 2.15 bits per heavy atom. The van der Waals surface area contributed by atoms with Crippen LogP contribution in [-0.4, -0.2) is 5.75 Å². The Kier molecular flexibility index (Phi) is 17.8. The van der Waals surface area contributed by atoms with Crippen molar-refractivity contribution in [3.63, 3.8) is 0 Å². The molecule has 0 fully saturated rings. The normalized spacial score (nSPS) is 11.4. The van der Waals surface area contributed by atoms with Crippen LogP contribution in [-0.2, 0) is 0 Å². The van der Waals surface area contributed by atoms with Crippen molar-refractivity contribution in [2.45, 2.75) is 92.4 Å². The van der Waals surface area contributed by atoms with E-state index in [-0.39, 0.29) is 5.02 Å². The van der Waals surface area contributed by atoms with Crippen LogP contribution in [0.4, 0.5) is 8.78 Å². The lowest BCUT2D eigenvalue weighted by Crippen LogP contribution is -1.95. The minimum Gasteiger partial charge on any atom is -0.206 e. The molecule has 0 unspecified atom stereocenters. The molecule has 2 rings (SSSR count). The first-order valence-electron chi connectivity index (χ1n) is 12.6. The van der Waals surface area contributed by atoms with Crippen LogP contribution in [0.15, 0.2) is 47.4 Å². The average Bonchev–Trinajstić information content (AvgIpc) is 2.84. The van der Waals surface area contributed by atoms with Gasteiger partial charge in [0.25, 0.3) is 0 Å². The third-order valence-corrected chi connectivity index (χ3v) is 6.63. The summed E-state index contributed by atoms with van der Waals surface area (Å²) in [6.07, 6.45) is 9.90. The van der Waals surface area contributed by atoms with E-state index in [9.17, 15) is 8.78 Å². The molecule has 0 bridgehead atoms. The van der Waals surface area contributed by atoms with Gasteiger partial charge in [0.2, 0.25) is 0 Å². The van der Waals surface area contributed by atoms with Crippen LogP contribution in [0, 0.1) is 18.6 Å². The highest BCUT2D eigenvalue weighted by Gasteiger charge is 2.14. The molecule has 0 nitrogen and oxygen atoms in total. The lowest BCUT2D eigenvalue weighted by Gasteiger charge is -2.14. The zero-order chi connectivity index (χ0) is 26.1. The van der Waals surface area contributed by atoms with Crippen molar-refractivity contribution in [2.24, 2.45) is 0 Å². The molecule has 0 amide bonds. The molecule has 0 saturated heterocycles. The molecule has 0 atom stereocenters. The number of allylic oxidation sites excluding steroid dienone is 4. The minimum atomic E-state index is -0.744. The van der Waals surface area contributed by atoms with Crippen molar-refractivity contribution in [1.29, 1.82) is 0 Å². The number of rotatable bonds is 9. The molecule has 2 aromatic rings. The van der Waals surface area contributed by atoms with Gasteiger partial charge in [-0.3, -0.25) is 0 Å². The van der Waals surface area contributed by atoms with E-state index in [2.05, 4.69) is 52.8 Å². The first-order valence-corrected chi connectivity index (χ1v) is 13.9. The summed E-state index contributed by atoms with van der Waals surface area (Å²) < 4.78 is 28.1. The number of thioether (sulfide) groups is 1. The van der Waals surface area contributed by atoms with Gasteiger partial charge >= 0.3 is 0 Å². The third-order valence-electron chi connectivity index (χ3n) is 5.09. The van der Waals surface area contributed by atoms with Gasteiger partial charge in [0.1, 0.15) is 11.6 Å². The smallest absolute Gasteiger partial charge is 0.144 e. The Hall–Kier alpha value is -1.58. The topological polar surface area (TPSA) is 0 Å². The number of aryl methyl sites for hydroxylation is 1. The fourth-order valence-electron chi connectivity index (χ4n) is 2.88. The molecule has 190 valence electrons. The van der Waals surface area contributed by atoms with E-state index in [0.29, 0.717) is 5.56 Å². The van der Waals surface area contributed by atoms with Crippen molar-refractivity contribution in [3.05, 3.63) is 75.8 Å². The lowest BCUT2D eigenvalue weighted by atomic mass is 9.94. The summed E-state index contributed by atoms with van der Waals surface area (Å²) >= 11 is 7.77. The van der Waals surface area contributed by atoms with E-state index in [1.165, 1.54) is 42.2 Å². The maximum Gasteiger partial charge on any atom is 0.144 e. The second kappa shape index (κ2) is 18.7. The van der Waals surface area contributed by atoms with Crippen LogP contribution in [0.1, 0.15) is 97.3 Å². The highest BCUT2D eigenvalue weighted by molar-refractivity contribution is 7.99. The number of benzene rings is 2. The molecule has 0 aliphatic heterocycles. The van der Waals surface area contributed by atoms with Crippen LogP contribution >= 0.6 is 23.4 Å². The number of hydrogen-bond acceptors (Lipinski definition) is 1. The van der Waals surface area contributed by atoms with Crippen LogP contribution in [0.5, 0.6) is 0 Å². The molecule has 34 heavy (non-hydrogen) atoms. The van der Waals surface area contributed by atoms with Crippen molar-refractivity contribution >= 4 is 34.5 Å². The Morgan fingerprint density at radius 1 is 0.941 bits per heavy atom. The molecular formula is C30H43ClF2S. The summed E-state index contributed by atoms with van der Waals surface area (Å²) in [5, 5.41) is -0.0747. The predicted octanol–water partition coefficient (Wildman–Crippen LogP) is 11.5. The van der Waals surface area contributed by atoms with Crippen LogP contribution < -0.4 is 0 Å². The predicted molar refractivity (Wildman–Crippen MR) is 152 cm³/mol. The Balaban J connectivity index is 0.00000164. The van der Waals surface area contributed by atoms with E-state index < -0.39 is 11.6 Å². The van der Waals surface area contributed by atoms with Gasteiger partial charge in [-0.05, 0) is 66.8 Å². The standard InChI is InChI=1S/C24H27ClF2S.C4H10.C2H6/c1-5-7-9-19(17(4)20-14-21(25)23(27)15-22(20)26)18-11-10-16(3)24(13-18)28-12-8-6-2;1-3-4-2;1-2/h7,9-11,13-15H,5-6,8,12H2,1-4H3;3-4H2,1-2H3;1-2H3/b9-7-,19-17-;;. The highest BCUT2D eigenvalue weighted by Crippen LogP contribution is 2.34. The van der Waals surface area contributed by atoms with E-state index in [1.54, 1.807) is 0 Å². The van der Waals surface area contributed by atoms with Crippen LogP contribution in [0.25, 0.3) is 11.1 Å². The Bertz CT molecular complexity index is 914. The number of unbranched alkanes of at least 4 members (excludes halogenated alkanes) is 2. The van der Waals surface area contributed by atoms with Gasteiger partial charge in [0.15, 0.2) is 0 Å². The van der Waals surface area contributed by atoms with Gasteiger partial charge in [-0.1, -0.05) is 96.7 Å². The van der Waals surface area contributed by atoms with Gasteiger partial charge in [-0.2, -0.15) is 0 Å². The first-order chi connectivity index (χ1) is 16.3. The molecule has 0 radical (unpaired) electrons. The number of hydrogen-bond donors (Lipinski definition) is 0. The van der Waals surface area contributed by atoms with Crippen molar-refractivity contribution in [2.75, 3.05) is 5.75 Å². The number of halogens is 3. The molecule has 0 aliphatic carbocycles. The maximum absolute atomic E-state index is 14.5. The molecule has 0 spiro atoms. The largest absolute Gasteiger partial charge is 0.206 e. The molecule has 0 heterocycles. The summed E-state index contributed by atoms with van der Waals surface area (Å²) in [7, 11) is 0. The van der Waals surface area contributed by atoms with E-state index in [0.717, 1.165) is 34.9 Å². The monoisotopic (exact) mass is 508 g/mol. The quantitative estimate of drug-likeness (QED) is 0.107. The van der Waals surface area contributed by atoms with Crippen molar-refractivity contribution in [1.82, 2.24) is 0 Å². The first kappa shape index (κ1) is 32.4. The van der Waals surface area contributed by atoms with E-state index in [1.807, 2.05) is 44.7 Å². The molecule has 4 heteroatoms. The van der Waals surface area contributed by atoms with Crippen LogP contribution in [0.2, 0.25) is 5.02 Å². The van der Waals surface area contributed by atoms with Gasteiger partial charge in [0, 0.05) is 16.5 Å². The second-order valence-corrected chi connectivity index (χ2v) is 9.32. The third kappa shape index (κ3) is 10.8. The molecule has 2 aromatic carbocycles. The van der Waals surface area contributed by atoms with Crippen LogP contribution in [0.3, 0.4) is 0 Å². The minimum absolute atomic E-state index is 0.0747. The second-order valence-electron chi connectivity index (χ2n) is 7.78.